The molecular weight excluding hydrogens is 232 g/mol. The van der Waals surface area contributed by atoms with Crippen molar-refractivity contribution in [1.29, 1.82) is 0 Å². The zero-order valence-electron chi connectivity index (χ0n) is 10.7. The molecule has 0 aliphatic heterocycles. The van der Waals surface area contributed by atoms with E-state index in [-0.39, 0.29) is 5.69 Å². The molecule has 1 aliphatic rings. The SMILES string of the molecule is CN(C)C(CNc1ccc([N+](=O)[O-])cn1)C1CC1. The normalized spacial score (nSPS) is 16.6. The Labute approximate surface area is 106 Å². The monoisotopic (exact) mass is 250 g/mol. The summed E-state index contributed by atoms with van der Waals surface area (Å²) in [5.41, 5.74) is 0.0203. The fraction of sp³-hybridized carbons (Fsp3) is 0.583. The number of nitrogens with one attached hydrogen (secondary N) is 1. The second-order valence-corrected chi connectivity index (χ2v) is 4.91. The van der Waals surface area contributed by atoms with E-state index in [1.807, 2.05) is 0 Å². The maximum atomic E-state index is 10.5. The quantitative estimate of drug-likeness (QED) is 0.615. The first-order valence-electron chi connectivity index (χ1n) is 6.08. The highest BCUT2D eigenvalue weighted by Crippen LogP contribution is 2.34. The van der Waals surface area contributed by atoms with Gasteiger partial charge in [-0.1, -0.05) is 0 Å². The van der Waals surface area contributed by atoms with E-state index < -0.39 is 4.92 Å². The van der Waals surface area contributed by atoms with Crippen LogP contribution in [0.15, 0.2) is 18.3 Å². The number of rotatable bonds is 6. The third-order valence-electron chi connectivity index (χ3n) is 3.28. The predicted octanol–water partition coefficient (Wildman–Crippen LogP) is 1.74. The van der Waals surface area contributed by atoms with Crippen molar-refractivity contribution in [3.8, 4) is 0 Å². The van der Waals surface area contributed by atoms with Gasteiger partial charge in [0.25, 0.3) is 5.69 Å². The lowest BCUT2D eigenvalue weighted by Gasteiger charge is -2.24. The molecule has 0 amide bonds. The molecule has 0 saturated heterocycles. The average molecular weight is 250 g/mol. The molecule has 18 heavy (non-hydrogen) atoms. The van der Waals surface area contributed by atoms with Crippen molar-refractivity contribution < 1.29 is 4.92 Å². The minimum absolute atomic E-state index is 0.0203. The van der Waals surface area contributed by atoms with Gasteiger partial charge in [-0.15, -0.1) is 0 Å². The summed E-state index contributed by atoms with van der Waals surface area (Å²) in [7, 11) is 4.15. The second kappa shape index (κ2) is 5.30. The highest BCUT2D eigenvalue weighted by atomic mass is 16.6. The molecule has 2 rings (SSSR count). The number of nitro groups is 1. The van der Waals surface area contributed by atoms with Crippen molar-refractivity contribution in [2.45, 2.75) is 18.9 Å². The molecule has 1 aromatic rings. The second-order valence-electron chi connectivity index (χ2n) is 4.91. The Kier molecular flexibility index (Phi) is 3.76. The Morgan fingerprint density at radius 1 is 1.56 bits per heavy atom. The van der Waals surface area contributed by atoms with Crippen LogP contribution in [0.1, 0.15) is 12.8 Å². The standard InChI is InChI=1S/C12H18N4O2/c1-15(2)11(9-3-4-9)8-14-12-6-5-10(7-13-12)16(17)18/h5-7,9,11H,3-4,8H2,1-2H3,(H,13,14). The third-order valence-corrected chi connectivity index (χ3v) is 3.28. The highest BCUT2D eigenvalue weighted by Gasteiger charge is 2.32. The zero-order valence-corrected chi connectivity index (χ0v) is 10.7. The molecule has 0 radical (unpaired) electrons. The smallest absolute Gasteiger partial charge is 0.287 e. The molecular formula is C12H18N4O2. The largest absolute Gasteiger partial charge is 0.368 e. The Balaban J connectivity index is 1.90. The van der Waals surface area contributed by atoms with Crippen LogP contribution in [0.3, 0.4) is 0 Å². The number of hydrogen-bond acceptors (Lipinski definition) is 5. The lowest BCUT2D eigenvalue weighted by Crippen LogP contribution is -2.36. The molecule has 1 aromatic heterocycles. The van der Waals surface area contributed by atoms with Crippen LogP contribution in [0.25, 0.3) is 0 Å². The summed E-state index contributed by atoms with van der Waals surface area (Å²) < 4.78 is 0. The van der Waals surface area contributed by atoms with Gasteiger partial charge in [0.05, 0.1) is 4.92 Å². The first-order valence-corrected chi connectivity index (χ1v) is 6.08. The van der Waals surface area contributed by atoms with Crippen molar-refractivity contribution in [3.63, 3.8) is 0 Å². The molecule has 0 spiro atoms. The Hall–Kier alpha value is -1.69. The Bertz CT molecular complexity index is 413. The summed E-state index contributed by atoms with van der Waals surface area (Å²) in [4.78, 5) is 16.3. The van der Waals surface area contributed by atoms with Gasteiger partial charge in [0.15, 0.2) is 0 Å². The molecule has 0 aromatic carbocycles. The van der Waals surface area contributed by atoms with Gasteiger partial charge in [0, 0.05) is 18.7 Å². The molecule has 1 aliphatic carbocycles. The van der Waals surface area contributed by atoms with Gasteiger partial charge < -0.3 is 10.2 Å². The van der Waals surface area contributed by atoms with Crippen LogP contribution in [0.5, 0.6) is 0 Å². The van der Waals surface area contributed by atoms with Crippen LogP contribution < -0.4 is 5.32 Å². The molecule has 1 unspecified atom stereocenters. The number of anilines is 1. The number of nitrogens with zero attached hydrogens (tertiary/aromatic N) is 3. The summed E-state index contributed by atoms with van der Waals surface area (Å²) in [6, 6.07) is 3.62. The van der Waals surface area contributed by atoms with E-state index >= 15 is 0 Å². The first-order chi connectivity index (χ1) is 8.58. The van der Waals surface area contributed by atoms with Crippen molar-refractivity contribution >= 4 is 11.5 Å². The van der Waals surface area contributed by atoms with Gasteiger partial charge in [-0.3, -0.25) is 10.1 Å². The van der Waals surface area contributed by atoms with E-state index in [2.05, 4.69) is 29.3 Å². The highest BCUT2D eigenvalue weighted by molar-refractivity contribution is 5.40. The van der Waals surface area contributed by atoms with Crippen molar-refractivity contribution in [2.75, 3.05) is 26.0 Å². The first kappa shape index (κ1) is 12.8. The number of aromatic nitrogens is 1. The van der Waals surface area contributed by atoms with Gasteiger partial charge in [-0.2, -0.15) is 0 Å². The van der Waals surface area contributed by atoms with Crippen LogP contribution in [-0.2, 0) is 0 Å². The average Bonchev–Trinajstić information content (AvgIpc) is 3.14. The fourth-order valence-corrected chi connectivity index (χ4v) is 2.06. The lowest BCUT2D eigenvalue weighted by atomic mass is 10.1. The summed E-state index contributed by atoms with van der Waals surface area (Å²) >= 11 is 0. The molecule has 1 N–H and O–H groups in total. The molecule has 0 bridgehead atoms. The molecule has 1 heterocycles. The van der Waals surface area contributed by atoms with Crippen LogP contribution in [0.4, 0.5) is 11.5 Å². The van der Waals surface area contributed by atoms with Crippen LogP contribution >= 0.6 is 0 Å². The molecule has 6 nitrogen and oxygen atoms in total. The number of pyridine rings is 1. The van der Waals surface area contributed by atoms with Crippen molar-refractivity contribution in [1.82, 2.24) is 9.88 Å². The van der Waals surface area contributed by atoms with E-state index in [0.29, 0.717) is 11.9 Å². The predicted molar refractivity (Wildman–Crippen MR) is 69.6 cm³/mol. The molecule has 6 heteroatoms. The van der Waals surface area contributed by atoms with Crippen molar-refractivity contribution in [2.24, 2.45) is 5.92 Å². The van der Waals surface area contributed by atoms with Gasteiger partial charge in [-0.25, -0.2) is 4.98 Å². The summed E-state index contributed by atoms with van der Waals surface area (Å²) in [6.07, 6.45) is 3.86. The Morgan fingerprint density at radius 3 is 2.72 bits per heavy atom. The maximum Gasteiger partial charge on any atom is 0.287 e. The van der Waals surface area contributed by atoms with E-state index in [9.17, 15) is 10.1 Å². The van der Waals surface area contributed by atoms with Crippen LogP contribution in [-0.4, -0.2) is 41.5 Å². The summed E-state index contributed by atoms with van der Waals surface area (Å²) in [5.74, 6) is 1.46. The van der Waals surface area contributed by atoms with E-state index in [4.69, 9.17) is 0 Å². The summed E-state index contributed by atoms with van der Waals surface area (Å²) in [6.45, 7) is 0.822. The van der Waals surface area contributed by atoms with Gasteiger partial charge in [0.2, 0.25) is 0 Å². The van der Waals surface area contributed by atoms with E-state index in [1.165, 1.54) is 25.1 Å². The fourth-order valence-electron chi connectivity index (χ4n) is 2.06. The van der Waals surface area contributed by atoms with Gasteiger partial charge >= 0.3 is 0 Å². The summed E-state index contributed by atoms with van der Waals surface area (Å²) in [5, 5.41) is 13.7. The minimum atomic E-state index is -0.441. The van der Waals surface area contributed by atoms with E-state index in [0.717, 1.165) is 12.5 Å². The van der Waals surface area contributed by atoms with Gasteiger partial charge in [-0.05, 0) is 38.9 Å². The number of likely N-dealkylation sites (N-methyl/N-ethyl adjacent to an activating group) is 1. The van der Waals surface area contributed by atoms with E-state index in [1.54, 1.807) is 6.07 Å². The molecule has 1 atom stereocenters. The molecule has 98 valence electrons. The van der Waals surface area contributed by atoms with Crippen LogP contribution in [0.2, 0.25) is 0 Å². The van der Waals surface area contributed by atoms with Crippen molar-refractivity contribution in [3.05, 3.63) is 28.4 Å². The number of hydrogen-bond donors (Lipinski definition) is 1. The zero-order chi connectivity index (χ0) is 13.1. The molecule has 1 fully saturated rings. The van der Waals surface area contributed by atoms with Crippen LogP contribution in [0, 0.1) is 16.0 Å². The minimum Gasteiger partial charge on any atom is -0.368 e. The third kappa shape index (κ3) is 3.16. The van der Waals surface area contributed by atoms with Gasteiger partial charge in [0.1, 0.15) is 12.0 Å². The Morgan fingerprint density at radius 2 is 2.28 bits per heavy atom. The lowest BCUT2D eigenvalue weighted by molar-refractivity contribution is -0.385. The topological polar surface area (TPSA) is 71.3 Å². The maximum absolute atomic E-state index is 10.5. The molecule has 1 saturated carbocycles.